The maximum absolute atomic E-state index is 12.0. The van der Waals surface area contributed by atoms with Crippen LogP contribution in [0.2, 0.25) is 5.02 Å². The van der Waals surface area contributed by atoms with Crippen LogP contribution in [0.15, 0.2) is 29.3 Å². The summed E-state index contributed by atoms with van der Waals surface area (Å²) in [6.07, 6.45) is 3.46. The largest absolute Gasteiger partial charge is 0.370 e. The van der Waals surface area contributed by atoms with Gasteiger partial charge in [-0.1, -0.05) is 50.4 Å². The zero-order valence-corrected chi connectivity index (χ0v) is 18.3. The molecule has 5 nitrogen and oxygen atoms in total. The van der Waals surface area contributed by atoms with Gasteiger partial charge in [0.05, 0.1) is 17.1 Å². The molecule has 1 atom stereocenters. The fraction of sp³-hybridized carbons (Fsp3) is 0.556. The van der Waals surface area contributed by atoms with Crippen molar-refractivity contribution in [2.24, 2.45) is 16.6 Å². The molecule has 0 saturated carbocycles. The van der Waals surface area contributed by atoms with Crippen LogP contribution in [0.3, 0.4) is 0 Å². The predicted octanol–water partition coefficient (Wildman–Crippen LogP) is 3.81. The summed E-state index contributed by atoms with van der Waals surface area (Å²) in [5, 5.41) is 6.40. The zero-order chi connectivity index (χ0) is 17.9. The summed E-state index contributed by atoms with van der Waals surface area (Å²) in [5.41, 5.74) is 6.33. The molecule has 0 radical (unpaired) electrons. The van der Waals surface area contributed by atoms with Crippen molar-refractivity contribution in [1.29, 1.82) is 0 Å². The number of nitrogens with two attached hydrogens (primary N) is 1. The van der Waals surface area contributed by atoms with Crippen molar-refractivity contribution in [2.75, 3.05) is 13.1 Å². The lowest BCUT2D eigenvalue weighted by atomic mass is 10.0. The lowest BCUT2D eigenvalue weighted by Gasteiger charge is -2.15. The van der Waals surface area contributed by atoms with Gasteiger partial charge >= 0.3 is 0 Å². The van der Waals surface area contributed by atoms with Crippen molar-refractivity contribution in [3.8, 4) is 0 Å². The number of halogens is 2. The van der Waals surface area contributed by atoms with Gasteiger partial charge in [-0.3, -0.25) is 9.79 Å². The Labute approximate surface area is 173 Å². The first-order valence-electron chi connectivity index (χ1n) is 8.49. The summed E-state index contributed by atoms with van der Waals surface area (Å²) < 4.78 is 0. The SMILES string of the molecule is CC(C)CCCC(C)NC(N)=NCCNC(=O)c1ccccc1Cl.I. The molecule has 0 aliphatic heterocycles. The number of guanidine groups is 1. The Hall–Kier alpha value is -1.02. The van der Waals surface area contributed by atoms with Crippen LogP contribution in [0.25, 0.3) is 0 Å². The number of carbonyl (C=O) groups is 1. The van der Waals surface area contributed by atoms with E-state index in [1.807, 2.05) is 0 Å². The van der Waals surface area contributed by atoms with Crippen LogP contribution < -0.4 is 16.4 Å². The summed E-state index contributed by atoms with van der Waals surface area (Å²) in [5.74, 6) is 0.938. The molecule has 1 aromatic carbocycles. The Morgan fingerprint density at radius 1 is 1.24 bits per heavy atom. The normalized spacial score (nSPS) is 12.4. The minimum Gasteiger partial charge on any atom is -0.370 e. The molecule has 1 rings (SSSR count). The maximum atomic E-state index is 12.0. The van der Waals surface area contributed by atoms with Crippen molar-refractivity contribution >= 4 is 47.4 Å². The topological polar surface area (TPSA) is 79.5 Å². The van der Waals surface area contributed by atoms with Crippen LogP contribution in [0.4, 0.5) is 0 Å². The Morgan fingerprint density at radius 2 is 1.92 bits per heavy atom. The number of nitrogens with one attached hydrogen (secondary N) is 2. The van der Waals surface area contributed by atoms with Gasteiger partial charge in [0.15, 0.2) is 5.96 Å². The van der Waals surface area contributed by atoms with Gasteiger partial charge in [-0.25, -0.2) is 0 Å². The molecule has 25 heavy (non-hydrogen) atoms. The number of rotatable bonds is 9. The summed E-state index contributed by atoms with van der Waals surface area (Å²) >= 11 is 5.98. The minimum absolute atomic E-state index is 0. The van der Waals surface area contributed by atoms with E-state index in [0.29, 0.717) is 35.7 Å². The van der Waals surface area contributed by atoms with Crippen molar-refractivity contribution in [3.05, 3.63) is 34.9 Å². The molecule has 0 heterocycles. The average Bonchev–Trinajstić information content (AvgIpc) is 2.51. The highest BCUT2D eigenvalue weighted by atomic mass is 127. The Bertz CT molecular complexity index is 552. The van der Waals surface area contributed by atoms with E-state index in [0.717, 1.165) is 12.3 Å². The van der Waals surface area contributed by atoms with E-state index in [4.69, 9.17) is 17.3 Å². The molecular formula is C18H30ClIN4O. The van der Waals surface area contributed by atoms with E-state index in [1.165, 1.54) is 12.8 Å². The summed E-state index contributed by atoms with van der Waals surface area (Å²) in [6, 6.07) is 7.25. The quantitative estimate of drug-likeness (QED) is 0.218. The summed E-state index contributed by atoms with van der Waals surface area (Å²) in [4.78, 5) is 16.2. The molecule has 0 saturated heterocycles. The predicted molar refractivity (Wildman–Crippen MR) is 117 cm³/mol. The van der Waals surface area contributed by atoms with Crippen LogP contribution in [0, 0.1) is 5.92 Å². The standard InChI is InChI=1S/C18H29ClN4O.HI/c1-13(2)7-6-8-14(3)23-18(20)22-12-11-21-17(24)15-9-4-5-10-16(15)19;/h4-5,9-10,13-14H,6-8,11-12H2,1-3H3,(H,21,24)(H3,20,22,23);1H. The van der Waals surface area contributed by atoms with Gasteiger partial charge in [-0.15, -0.1) is 24.0 Å². The van der Waals surface area contributed by atoms with Crippen LogP contribution in [0.1, 0.15) is 50.4 Å². The second-order valence-electron chi connectivity index (χ2n) is 6.37. The Balaban J connectivity index is 0.00000576. The van der Waals surface area contributed by atoms with Crippen molar-refractivity contribution in [1.82, 2.24) is 10.6 Å². The highest BCUT2D eigenvalue weighted by Gasteiger charge is 2.08. The lowest BCUT2D eigenvalue weighted by molar-refractivity contribution is 0.0955. The van der Waals surface area contributed by atoms with Crippen molar-refractivity contribution in [3.63, 3.8) is 0 Å². The molecule has 7 heteroatoms. The first-order valence-corrected chi connectivity index (χ1v) is 8.87. The number of aliphatic imine (C=N–C) groups is 1. The monoisotopic (exact) mass is 480 g/mol. The molecule has 1 amide bonds. The van der Waals surface area contributed by atoms with Gasteiger partial charge < -0.3 is 16.4 Å². The van der Waals surface area contributed by atoms with Crippen molar-refractivity contribution in [2.45, 2.75) is 46.1 Å². The van der Waals surface area contributed by atoms with Gasteiger partial charge in [0.25, 0.3) is 5.91 Å². The Morgan fingerprint density at radius 3 is 2.56 bits per heavy atom. The molecule has 0 bridgehead atoms. The van der Waals surface area contributed by atoms with Crippen LogP contribution in [-0.2, 0) is 0 Å². The molecular weight excluding hydrogens is 451 g/mol. The first kappa shape index (κ1) is 24.0. The van der Waals surface area contributed by atoms with Gasteiger partial charge in [-0.2, -0.15) is 0 Å². The maximum Gasteiger partial charge on any atom is 0.252 e. The molecule has 0 fully saturated rings. The molecule has 1 aromatic rings. The fourth-order valence-electron chi connectivity index (χ4n) is 2.29. The van der Waals surface area contributed by atoms with Gasteiger partial charge in [-0.05, 0) is 31.4 Å². The van der Waals surface area contributed by atoms with Gasteiger partial charge in [0.1, 0.15) is 0 Å². The minimum atomic E-state index is -0.204. The first-order chi connectivity index (χ1) is 11.4. The van der Waals surface area contributed by atoms with E-state index in [-0.39, 0.29) is 29.9 Å². The van der Waals surface area contributed by atoms with Crippen LogP contribution in [0.5, 0.6) is 0 Å². The van der Waals surface area contributed by atoms with E-state index in [9.17, 15) is 4.79 Å². The molecule has 1 unspecified atom stereocenters. The molecule has 142 valence electrons. The molecule has 0 spiro atoms. The number of hydrogen-bond acceptors (Lipinski definition) is 2. The van der Waals surface area contributed by atoms with Crippen molar-refractivity contribution < 1.29 is 4.79 Å². The van der Waals surface area contributed by atoms with E-state index < -0.39 is 0 Å². The second-order valence-corrected chi connectivity index (χ2v) is 6.78. The number of hydrogen-bond donors (Lipinski definition) is 3. The summed E-state index contributed by atoms with van der Waals surface area (Å²) in [6.45, 7) is 7.39. The number of amides is 1. The molecule has 0 aromatic heterocycles. The average molecular weight is 481 g/mol. The molecule has 4 N–H and O–H groups in total. The third kappa shape index (κ3) is 10.5. The second kappa shape index (κ2) is 13.2. The third-order valence-corrected chi connectivity index (χ3v) is 3.94. The summed E-state index contributed by atoms with van der Waals surface area (Å²) in [7, 11) is 0. The van der Waals surface area contributed by atoms with Gasteiger partial charge in [0, 0.05) is 12.6 Å². The smallest absolute Gasteiger partial charge is 0.252 e. The molecule has 0 aliphatic carbocycles. The highest BCUT2D eigenvalue weighted by molar-refractivity contribution is 14.0. The van der Waals surface area contributed by atoms with E-state index in [1.54, 1.807) is 24.3 Å². The highest BCUT2D eigenvalue weighted by Crippen LogP contribution is 2.14. The van der Waals surface area contributed by atoms with Gasteiger partial charge in [0.2, 0.25) is 0 Å². The molecule has 0 aliphatic rings. The number of nitrogens with zero attached hydrogens (tertiary/aromatic N) is 1. The third-order valence-electron chi connectivity index (χ3n) is 3.61. The van der Waals surface area contributed by atoms with Crippen LogP contribution >= 0.6 is 35.6 Å². The number of benzene rings is 1. The number of carbonyl (C=O) groups excluding carboxylic acids is 1. The lowest BCUT2D eigenvalue weighted by Crippen LogP contribution is -2.39. The Kier molecular flexibility index (Phi) is 12.7. The van der Waals surface area contributed by atoms with E-state index >= 15 is 0 Å². The zero-order valence-electron chi connectivity index (χ0n) is 15.2. The fourth-order valence-corrected chi connectivity index (χ4v) is 2.51. The van der Waals surface area contributed by atoms with E-state index in [2.05, 4.69) is 36.4 Å². The van der Waals surface area contributed by atoms with Crippen LogP contribution in [-0.4, -0.2) is 31.0 Å².